The molecule has 3 aromatic rings. The number of ether oxygens (including phenoxy) is 2. The highest BCUT2D eigenvalue weighted by molar-refractivity contribution is 7.95. The lowest BCUT2D eigenvalue weighted by atomic mass is 10.2. The molecule has 3 aromatic carbocycles. The van der Waals surface area contributed by atoms with Crippen molar-refractivity contribution in [3.8, 4) is 0 Å². The van der Waals surface area contributed by atoms with Gasteiger partial charge in [0.05, 0.1) is 6.16 Å². The molecule has 30 heavy (non-hydrogen) atoms. The van der Waals surface area contributed by atoms with Gasteiger partial charge in [-0.15, -0.1) is 0 Å². The van der Waals surface area contributed by atoms with Crippen molar-refractivity contribution in [2.24, 2.45) is 0 Å². The molecule has 0 atom stereocenters. The third-order valence-electron chi connectivity index (χ3n) is 5.39. The van der Waals surface area contributed by atoms with Crippen LogP contribution in [0.2, 0.25) is 0 Å². The summed E-state index contributed by atoms with van der Waals surface area (Å²) in [5, 5.41) is 4.19. The van der Waals surface area contributed by atoms with Crippen molar-refractivity contribution in [2.45, 2.75) is 33.0 Å². The van der Waals surface area contributed by atoms with Crippen molar-refractivity contribution in [3.63, 3.8) is 0 Å². The number of halogens is 1. The van der Waals surface area contributed by atoms with Gasteiger partial charge in [0.25, 0.3) is 0 Å². The van der Waals surface area contributed by atoms with Crippen LogP contribution in [0.5, 0.6) is 0 Å². The number of hydrogen-bond acceptors (Lipinski definition) is 2. The Labute approximate surface area is 192 Å². The van der Waals surface area contributed by atoms with Crippen molar-refractivity contribution in [3.05, 3.63) is 91.0 Å². The van der Waals surface area contributed by atoms with Gasteiger partial charge in [-0.1, -0.05) is 54.6 Å². The molecule has 0 N–H and O–H groups in total. The van der Waals surface area contributed by atoms with Gasteiger partial charge in [0.2, 0.25) is 0 Å². The summed E-state index contributed by atoms with van der Waals surface area (Å²) in [6, 6.07) is 32.9. The third kappa shape index (κ3) is 5.59. The highest BCUT2D eigenvalue weighted by Gasteiger charge is 2.46. The van der Waals surface area contributed by atoms with Crippen molar-refractivity contribution >= 4 is 23.2 Å². The first-order valence-electron chi connectivity index (χ1n) is 10.5. The van der Waals surface area contributed by atoms with Crippen LogP contribution in [0.15, 0.2) is 91.0 Å². The molecule has 3 rings (SSSR count). The average Bonchev–Trinajstić information content (AvgIpc) is 2.77. The van der Waals surface area contributed by atoms with Gasteiger partial charge in [0, 0.05) is 19.6 Å². The molecule has 4 heteroatoms. The number of hydrogen-bond donors (Lipinski definition) is 0. The fraction of sp³-hybridized carbons (Fsp3) is 0.308. The molecule has 0 heterocycles. The topological polar surface area (TPSA) is 18.5 Å². The van der Waals surface area contributed by atoms with E-state index in [1.165, 1.54) is 15.9 Å². The van der Waals surface area contributed by atoms with Gasteiger partial charge in [0.15, 0.2) is 5.79 Å². The molecule has 0 spiro atoms. The van der Waals surface area contributed by atoms with E-state index in [0.717, 1.165) is 12.6 Å². The van der Waals surface area contributed by atoms with E-state index in [0.29, 0.717) is 13.2 Å². The van der Waals surface area contributed by atoms with Crippen LogP contribution in [0.1, 0.15) is 27.2 Å². The fourth-order valence-electron chi connectivity index (χ4n) is 4.05. The SMILES string of the molecule is CCOC(C)(CC[P+](c1ccccc1)(c1ccccc1)c1ccccc1)OCC.[Br-]. The molecule has 0 saturated heterocycles. The smallest absolute Gasteiger partial charge is 0.168 e. The van der Waals surface area contributed by atoms with Crippen LogP contribution >= 0.6 is 7.26 Å². The zero-order chi connectivity index (χ0) is 20.6. The van der Waals surface area contributed by atoms with Crippen molar-refractivity contribution in [2.75, 3.05) is 19.4 Å². The van der Waals surface area contributed by atoms with E-state index in [4.69, 9.17) is 9.47 Å². The summed E-state index contributed by atoms with van der Waals surface area (Å²) in [7, 11) is -1.86. The van der Waals surface area contributed by atoms with E-state index in [2.05, 4.69) is 97.9 Å². The van der Waals surface area contributed by atoms with Gasteiger partial charge in [0.1, 0.15) is 23.2 Å². The maximum Gasteiger partial charge on any atom is 0.168 e. The Morgan fingerprint density at radius 1 is 0.633 bits per heavy atom. The van der Waals surface area contributed by atoms with Crippen LogP contribution in [0, 0.1) is 0 Å². The van der Waals surface area contributed by atoms with Crippen LogP contribution in [0.25, 0.3) is 0 Å². The molecule has 0 aromatic heterocycles. The van der Waals surface area contributed by atoms with Crippen LogP contribution in [-0.2, 0) is 9.47 Å². The Hall–Kier alpha value is -1.51. The molecule has 0 aliphatic carbocycles. The van der Waals surface area contributed by atoms with Crippen LogP contribution in [0.4, 0.5) is 0 Å². The number of benzene rings is 3. The Morgan fingerprint density at radius 2 is 0.967 bits per heavy atom. The molecular weight excluding hydrogens is 455 g/mol. The molecule has 160 valence electrons. The van der Waals surface area contributed by atoms with Crippen LogP contribution in [0.3, 0.4) is 0 Å². The Morgan fingerprint density at radius 3 is 1.27 bits per heavy atom. The molecule has 0 unspecified atom stereocenters. The summed E-state index contributed by atoms with van der Waals surface area (Å²) < 4.78 is 12.1. The Kier molecular flexibility index (Phi) is 9.71. The van der Waals surface area contributed by atoms with E-state index in [9.17, 15) is 0 Å². The molecule has 0 aliphatic rings. The largest absolute Gasteiger partial charge is 1.00 e. The van der Waals surface area contributed by atoms with Gasteiger partial charge in [-0.2, -0.15) is 0 Å². The van der Waals surface area contributed by atoms with E-state index in [1.807, 2.05) is 13.8 Å². The Bertz CT molecular complexity index is 753. The molecule has 0 radical (unpaired) electrons. The maximum absolute atomic E-state index is 6.07. The minimum Gasteiger partial charge on any atom is -1.00 e. The van der Waals surface area contributed by atoms with E-state index in [-0.39, 0.29) is 17.0 Å². The standard InChI is InChI=1S/C26H32O2P.BrH/c1-4-27-26(3,28-5-2)21-22-29(23-15-9-6-10-16-23,24-17-11-7-12-18-24)25-19-13-8-14-20-25;/h6-20H,4-5,21-22H2,1-3H3;1H/q+1;/p-1. The highest BCUT2D eigenvalue weighted by atomic mass is 79.9. The second kappa shape index (κ2) is 11.8. The molecule has 0 bridgehead atoms. The predicted molar refractivity (Wildman–Crippen MR) is 126 cm³/mol. The van der Waals surface area contributed by atoms with Crippen molar-refractivity contribution in [1.82, 2.24) is 0 Å². The monoisotopic (exact) mass is 486 g/mol. The van der Waals surface area contributed by atoms with Crippen molar-refractivity contribution in [1.29, 1.82) is 0 Å². The lowest BCUT2D eigenvalue weighted by molar-refractivity contribution is -0.221. The third-order valence-corrected chi connectivity index (χ3v) is 9.83. The molecule has 2 nitrogen and oxygen atoms in total. The molecule has 0 aliphatic heterocycles. The van der Waals surface area contributed by atoms with Crippen LogP contribution < -0.4 is 32.9 Å². The van der Waals surface area contributed by atoms with E-state index >= 15 is 0 Å². The first-order chi connectivity index (χ1) is 14.1. The summed E-state index contributed by atoms with van der Waals surface area (Å²) in [6.07, 6.45) is 1.82. The molecule has 0 fully saturated rings. The zero-order valence-corrected chi connectivity index (χ0v) is 20.6. The summed E-state index contributed by atoms with van der Waals surface area (Å²) in [4.78, 5) is 0. The minimum atomic E-state index is -1.86. The molecule has 0 saturated carbocycles. The summed E-state index contributed by atoms with van der Waals surface area (Å²) >= 11 is 0. The first-order valence-corrected chi connectivity index (χ1v) is 12.4. The second-order valence-electron chi connectivity index (χ2n) is 7.29. The number of rotatable bonds is 10. The quantitative estimate of drug-likeness (QED) is 0.323. The zero-order valence-electron chi connectivity index (χ0n) is 18.1. The predicted octanol–water partition coefficient (Wildman–Crippen LogP) is 2.16. The normalized spacial score (nSPS) is 11.7. The van der Waals surface area contributed by atoms with Gasteiger partial charge >= 0.3 is 0 Å². The first kappa shape index (κ1) is 24.8. The lowest BCUT2D eigenvalue weighted by Crippen LogP contribution is -3.00. The van der Waals surface area contributed by atoms with Crippen LogP contribution in [-0.4, -0.2) is 25.2 Å². The molecule has 0 amide bonds. The second-order valence-corrected chi connectivity index (χ2v) is 10.9. The summed E-state index contributed by atoms with van der Waals surface area (Å²) in [5.41, 5.74) is 0. The Balaban J connectivity index is 0.00000320. The van der Waals surface area contributed by atoms with Crippen molar-refractivity contribution < 1.29 is 26.5 Å². The van der Waals surface area contributed by atoms with Gasteiger partial charge in [-0.05, 0) is 57.2 Å². The highest BCUT2D eigenvalue weighted by Crippen LogP contribution is 2.56. The average molecular weight is 487 g/mol. The maximum atomic E-state index is 6.07. The summed E-state index contributed by atoms with van der Waals surface area (Å²) in [6.45, 7) is 7.43. The van der Waals surface area contributed by atoms with E-state index < -0.39 is 13.0 Å². The van der Waals surface area contributed by atoms with Gasteiger partial charge in [-0.25, -0.2) is 0 Å². The van der Waals surface area contributed by atoms with E-state index in [1.54, 1.807) is 0 Å². The fourth-order valence-corrected chi connectivity index (χ4v) is 8.50. The molecular formula is C26H32BrO2P. The lowest BCUT2D eigenvalue weighted by Gasteiger charge is -2.33. The summed E-state index contributed by atoms with van der Waals surface area (Å²) in [5.74, 6) is -0.576. The van der Waals surface area contributed by atoms with Gasteiger partial charge < -0.3 is 26.5 Å². The van der Waals surface area contributed by atoms with Gasteiger partial charge in [-0.3, -0.25) is 0 Å². The minimum absolute atomic E-state index is 0.